The Kier molecular flexibility index (Phi) is 43.9. The van der Waals surface area contributed by atoms with Crippen LogP contribution in [0.15, 0.2) is 105 Å². The molecule has 0 saturated carbocycles. The number of aromatic carboxylic acids is 1. The van der Waals surface area contributed by atoms with Gasteiger partial charge in [0.05, 0.1) is 58.3 Å². The molecule has 3 heterocycles. The third kappa shape index (κ3) is 36.2. The first-order chi connectivity index (χ1) is 45.7. The number of ether oxygens (including phenoxy) is 4. The molecule has 0 spiro atoms. The van der Waals surface area contributed by atoms with Gasteiger partial charge < -0.3 is 60.4 Å². The number of amides is 1. The summed E-state index contributed by atoms with van der Waals surface area (Å²) >= 11 is 42.8. The Bertz CT molecular complexity index is 4360. The summed E-state index contributed by atoms with van der Waals surface area (Å²) in [6.07, 6.45) is -0.854. The van der Waals surface area contributed by atoms with Crippen molar-refractivity contribution >= 4 is 217 Å². The number of halogens is 9. The van der Waals surface area contributed by atoms with Crippen LogP contribution >= 0.6 is 120 Å². The van der Waals surface area contributed by atoms with Gasteiger partial charge in [0, 0.05) is 43.3 Å². The van der Waals surface area contributed by atoms with Gasteiger partial charge in [0.2, 0.25) is 28.1 Å². The van der Waals surface area contributed by atoms with Crippen molar-refractivity contribution in [1.82, 2.24) is 24.9 Å². The number of esters is 4. The molecular formula is C57H55Br3Cl6KN10O21P. The molecule has 0 bridgehead atoms. The number of carbonyl (C=O) groups is 7. The van der Waals surface area contributed by atoms with Crippen LogP contribution in [0.1, 0.15) is 92.8 Å². The van der Waals surface area contributed by atoms with Crippen LogP contribution in [0.5, 0.6) is 0 Å². The van der Waals surface area contributed by atoms with Gasteiger partial charge >= 0.3 is 92.5 Å². The average Bonchev–Trinajstić information content (AvgIpc) is 0.799. The first-order valence-corrected chi connectivity index (χ1v) is 36.7. The molecule has 0 radical (unpaired) electrons. The predicted molar refractivity (Wildman–Crippen MR) is 378 cm³/mol. The topological polar surface area (TPSA) is 475 Å². The van der Waals surface area contributed by atoms with Crippen molar-refractivity contribution in [1.29, 1.82) is 0 Å². The van der Waals surface area contributed by atoms with Crippen LogP contribution in [0.2, 0.25) is 25.1 Å². The van der Waals surface area contributed by atoms with Crippen molar-refractivity contribution < 1.29 is 129 Å². The Labute approximate surface area is 657 Å². The van der Waals surface area contributed by atoms with Crippen molar-refractivity contribution in [3.05, 3.63) is 190 Å². The molecule has 42 heteroatoms. The van der Waals surface area contributed by atoms with Crippen LogP contribution < -0.4 is 88.9 Å². The Balaban J connectivity index is 0.00000115. The molecular weight excluding hydrogens is 1680 g/mol. The van der Waals surface area contributed by atoms with Crippen LogP contribution in [0.25, 0.3) is 33.1 Å². The second kappa shape index (κ2) is 46.9. The number of rotatable bonds is 14. The maximum absolute atomic E-state index is 11.9. The average molecular weight is 1740 g/mol. The molecule has 5 aromatic carbocycles. The first kappa shape index (κ1) is 92.6. The van der Waals surface area contributed by atoms with Gasteiger partial charge in [-0.25, -0.2) is 24.4 Å². The summed E-state index contributed by atoms with van der Waals surface area (Å²) in [5.41, 5.74) is 2.82. The smallest absolute Gasteiger partial charge is 0.850 e. The number of nitro benzene ring substituents is 2. The Morgan fingerprint density at radius 2 is 0.980 bits per heavy atom. The third-order valence-electron chi connectivity index (χ3n) is 10.1. The van der Waals surface area contributed by atoms with E-state index in [1.807, 2.05) is 0 Å². The standard InChI is InChI=1S/C11H11ClN2O5.C11H9ClN2O4.C11H9ClN2O3.C9H5ClN2O3.C6H5ClN2O2.C5H7ClO3.C4H9O.Br3P.K/c1-2-19-11(16)6-10(15)13-8-5-7(12)3-4-9(8)14(17)18;1-2-18-11(16)9-10(15)13-7-5-6(12)3-4-8(7)14(9)17;1-2-17-11(16)9-10(15)14-8-5-6(12)3-4-7(8)13-9;10-4-1-2-5-6(3-4)12-8(13)7(11-5)9(14)15;7-4-1-2-6(9(10)11)5(8)3-4;1-2-9-5(8)3-4(6)7;1-4(2,3)5;1-4(2)3;/h3-5H,2,6H2,1H3,(H,13,15);3-5H,2H2,1H3,(H,13,15);3-5H,2H2,1H3,(H,14,15);1-3H,(H,12,13)(H,14,15);1-3H,8H2;2-3H2,1H3;1-3H3;;/q;;;;;;-1;;+1. The Morgan fingerprint density at radius 1 is 0.606 bits per heavy atom. The Hall–Kier alpha value is -6.38. The van der Waals surface area contributed by atoms with Gasteiger partial charge in [-0.15, -0.1) is 5.60 Å². The minimum Gasteiger partial charge on any atom is -0.850 e. The predicted octanol–water partition coefficient (Wildman–Crippen LogP) is 9.24. The Morgan fingerprint density at radius 3 is 1.41 bits per heavy atom. The fraction of sp³-hybridized carbons (Fsp3) is 0.246. The summed E-state index contributed by atoms with van der Waals surface area (Å²) in [4.78, 5) is 146. The number of hydrogen-bond donors (Lipinski definition) is 6. The van der Waals surface area contributed by atoms with E-state index in [9.17, 15) is 78.5 Å². The van der Waals surface area contributed by atoms with Crippen molar-refractivity contribution in [2.75, 3.05) is 37.5 Å². The molecule has 31 nitrogen and oxygen atoms in total. The second-order valence-electron chi connectivity index (χ2n) is 18.7. The number of benzene rings is 5. The van der Waals surface area contributed by atoms with Crippen LogP contribution in [-0.2, 0) is 38.1 Å². The number of H-pyrrole nitrogens is 3. The molecule has 1 amide bonds. The van der Waals surface area contributed by atoms with Gasteiger partial charge in [0.25, 0.3) is 22.5 Å². The van der Waals surface area contributed by atoms with E-state index in [1.54, 1.807) is 78.8 Å². The zero-order valence-corrected chi connectivity index (χ0v) is 66.0. The van der Waals surface area contributed by atoms with E-state index >= 15 is 0 Å². The van der Waals surface area contributed by atoms with E-state index in [1.165, 1.54) is 60.7 Å². The van der Waals surface area contributed by atoms with Crippen molar-refractivity contribution in [3.63, 3.8) is 0 Å². The normalized spacial score (nSPS) is 10.0. The summed E-state index contributed by atoms with van der Waals surface area (Å²) in [7, 11) is 0. The molecule has 7 N–H and O–H groups in total. The first-order valence-electron chi connectivity index (χ1n) is 27.0. The second-order valence-corrected chi connectivity index (χ2v) is 36.6. The fourth-order valence-corrected chi connectivity index (χ4v) is 7.46. The fourth-order valence-electron chi connectivity index (χ4n) is 6.48. The quantitative estimate of drug-likeness (QED) is 0.00504. The number of aromatic nitrogens is 6. The minimum absolute atomic E-state index is 0. The van der Waals surface area contributed by atoms with Crippen molar-refractivity contribution in [3.8, 4) is 0 Å². The van der Waals surface area contributed by atoms with Crippen LogP contribution in [0, 0.1) is 25.4 Å². The molecule has 528 valence electrons. The number of anilines is 2. The monoisotopic (exact) mass is 1730 g/mol. The number of nitrogens with zero attached hydrogens (tertiary/aromatic N) is 5. The molecule has 0 atom stereocenters. The molecule has 3 aromatic heterocycles. The third-order valence-corrected chi connectivity index (χ3v) is 11.4. The zero-order chi connectivity index (χ0) is 74.9. The zero-order valence-electron chi connectivity index (χ0n) is 52.7. The molecule has 8 aromatic rings. The number of nitro groups is 2. The molecule has 0 unspecified atom stereocenters. The van der Waals surface area contributed by atoms with E-state index in [4.69, 9.17) is 85.2 Å². The summed E-state index contributed by atoms with van der Waals surface area (Å²) in [5.74, 6) is -5.02. The number of fused-ring (bicyclic) bond motifs is 3. The molecule has 0 aliphatic heterocycles. The van der Waals surface area contributed by atoms with Crippen LogP contribution in [-0.4, -0.2) is 113 Å². The number of carbonyl (C=O) groups excluding carboxylic acids is 6. The number of nitrogens with one attached hydrogen (secondary N) is 4. The van der Waals surface area contributed by atoms with Gasteiger partial charge in [0.15, 0.2) is 0 Å². The SMILES string of the molecule is BrP(Br)Br.CC(C)(C)[O-].CCOC(=O)CC(=O)Cl.CCOC(=O)CC(=O)Nc1cc(Cl)ccc1[N+](=O)[O-].CCOC(=O)c1c(=O)[nH]c2cc(Cl)ccc2[n+]1[O-].CCOC(=O)c1nc2ccc(Cl)cc2[nH]c1=O.Nc1cc(Cl)ccc1[N+](=O)[O-].O=C(O)c1nc2ccc(Cl)cc2[nH]c1=O.[K+]. The van der Waals surface area contributed by atoms with Gasteiger partial charge in [-0.1, -0.05) is 78.8 Å². The number of nitrogens with two attached hydrogens (primary N) is 1. The largest absolute Gasteiger partial charge is 1.00 e. The summed E-state index contributed by atoms with van der Waals surface area (Å²) in [6.45, 7) is 12.1. The number of carboxylic acid groups (broad SMARTS) is 1. The summed E-state index contributed by atoms with van der Waals surface area (Å²) in [5, 5.41) is 55.2. The molecule has 0 saturated heterocycles. The maximum atomic E-state index is 11.9. The summed E-state index contributed by atoms with van der Waals surface area (Å²) in [6, 6.07) is 21.6. The van der Waals surface area contributed by atoms with E-state index in [-0.39, 0.29) is 137 Å². The number of aromatic amines is 3. The van der Waals surface area contributed by atoms with Crippen molar-refractivity contribution in [2.24, 2.45) is 0 Å². The van der Waals surface area contributed by atoms with Gasteiger partial charge in [-0.2, -0.15) is 4.73 Å². The van der Waals surface area contributed by atoms with Gasteiger partial charge in [-0.3, -0.25) is 53.8 Å². The maximum Gasteiger partial charge on any atom is 1.00 e. The van der Waals surface area contributed by atoms with E-state index < -0.39 is 90.9 Å². The molecule has 0 aliphatic carbocycles. The van der Waals surface area contributed by atoms with Gasteiger partial charge in [-0.05, 0) is 159 Å². The van der Waals surface area contributed by atoms with E-state index in [0.717, 1.165) is 0 Å². The molecule has 99 heavy (non-hydrogen) atoms. The molecule has 0 aliphatic rings. The van der Waals surface area contributed by atoms with Gasteiger partial charge in [0.1, 0.15) is 33.8 Å². The van der Waals surface area contributed by atoms with Crippen LogP contribution in [0.4, 0.5) is 22.7 Å². The molecule has 0 fully saturated rings. The summed E-state index contributed by atoms with van der Waals surface area (Å²) < 4.78 is 18.5. The minimum atomic E-state index is -1.35. The van der Waals surface area contributed by atoms with Crippen molar-refractivity contribution in [2.45, 2.75) is 66.9 Å². The van der Waals surface area contributed by atoms with Crippen LogP contribution in [0.3, 0.4) is 0 Å². The van der Waals surface area contributed by atoms with E-state index in [0.29, 0.717) is 42.2 Å². The number of hydrogen-bond acceptors (Lipinski definition) is 23. The number of carboxylic acids is 1. The number of nitrogen functional groups attached to an aromatic ring is 1. The molecule has 8 rings (SSSR count). The van der Waals surface area contributed by atoms with E-state index in [2.05, 4.69) is 90.9 Å².